The summed E-state index contributed by atoms with van der Waals surface area (Å²) < 4.78 is 4.83. The first kappa shape index (κ1) is 16.4. The summed E-state index contributed by atoms with van der Waals surface area (Å²) >= 11 is 1.34. The summed E-state index contributed by atoms with van der Waals surface area (Å²) in [7, 11) is 0. The van der Waals surface area contributed by atoms with Crippen LogP contribution in [0, 0.1) is 0 Å². The summed E-state index contributed by atoms with van der Waals surface area (Å²) in [6.07, 6.45) is 0. The van der Waals surface area contributed by atoms with Crippen LogP contribution in [0.15, 0.2) is 58.3 Å². The molecule has 3 nitrogen and oxygen atoms in total. The van der Waals surface area contributed by atoms with E-state index < -0.39 is 0 Å². The Hall–Kier alpha value is -1.65. The van der Waals surface area contributed by atoms with Crippen molar-refractivity contribution in [3.63, 3.8) is 0 Å². The predicted molar refractivity (Wildman–Crippen MR) is 82.5 cm³/mol. The van der Waals surface area contributed by atoms with Crippen molar-refractivity contribution >= 4 is 11.8 Å². The van der Waals surface area contributed by atoms with Crippen molar-refractivity contribution < 1.29 is 14.9 Å². The number of aromatic hydroxyl groups is 2. The van der Waals surface area contributed by atoms with Gasteiger partial charge in [-0.05, 0) is 38.1 Å². The van der Waals surface area contributed by atoms with E-state index in [9.17, 15) is 10.2 Å². The fraction of sp³-hybridized carbons (Fsp3) is 0.250. The van der Waals surface area contributed by atoms with Gasteiger partial charge in [-0.2, -0.15) is 0 Å². The molecular formula is C16H20O3S. The summed E-state index contributed by atoms with van der Waals surface area (Å²) in [5, 5.41) is 19.1. The molecule has 2 N–H and O–H groups in total. The molecule has 0 atom stereocenters. The highest BCUT2D eigenvalue weighted by Crippen LogP contribution is 2.37. The van der Waals surface area contributed by atoms with Gasteiger partial charge in [-0.3, -0.25) is 0 Å². The molecule has 0 aromatic heterocycles. The Bertz CT molecular complexity index is 469. The van der Waals surface area contributed by atoms with Gasteiger partial charge in [0, 0.05) is 13.2 Å². The van der Waals surface area contributed by atoms with Crippen molar-refractivity contribution in [3.05, 3.63) is 48.5 Å². The van der Waals surface area contributed by atoms with Gasteiger partial charge in [-0.1, -0.05) is 36.0 Å². The van der Waals surface area contributed by atoms with E-state index in [1.807, 2.05) is 38.1 Å². The molecule has 0 fully saturated rings. The lowest BCUT2D eigenvalue weighted by Crippen LogP contribution is -1.84. The van der Waals surface area contributed by atoms with Gasteiger partial charge in [-0.15, -0.1) is 0 Å². The fourth-order valence-electron chi connectivity index (χ4n) is 1.41. The zero-order chi connectivity index (χ0) is 14.8. The molecule has 0 spiro atoms. The maximum Gasteiger partial charge on any atom is 0.129 e. The summed E-state index contributed by atoms with van der Waals surface area (Å²) in [6, 6.07) is 14.1. The van der Waals surface area contributed by atoms with Crippen molar-refractivity contribution in [2.24, 2.45) is 0 Å². The first-order valence-corrected chi connectivity index (χ1v) is 7.32. The average molecular weight is 292 g/mol. The van der Waals surface area contributed by atoms with E-state index in [0.717, 1.165) is 23.0 Å². The Balaban J connectivity index is 0.000000347. The van der Waals surface area contributed by atoms with Crippen LogP contribution >= 0.6 is 11.8 Å². The van der Waals surface area contributed by atoms with Crippen molar-refractivity contribution in [3.8, 4) is 11.5 Å². The van der Waals surface area contributed by atoms with Gasteiger partial charge in [0.15, 0.2) is 0 Å². The lowest BCUT2D eigenvalue weighted by atomic mass is 10.3. The van der Waals surface area contributed by atoms with Gasteiger partial charge < -0.3 is 14.9 Å². The molecule has 0 saturated carbocycles. The summed E-state index contributed by atoms with van der Waals surface area (Å²) in [5.41, 5.74) is 0. The molecule has 0 radical (unpaired) electrons. The molecule has 0 heterocycles. The van der Waals surface area contributed by atoms with Crippen LogP contribution in [0.2, 0.25) is 0 Å². The first-order chi connectivity index (χ1) is 9.69. The van der Waals surface area contributed by atoms with Crippen molar-refractivity contribution in [1.29, 1.82) is 0 Å². The van der Waals surface area contributed by atoms with Crippen LogP contribution in [0.3, 0.4) is 0 Å². The van der Waals surface area contributed by atoms with Crippen molar-refractivity contribution in [1.82, 2.24) is 0 Å². The summed E-state index contributed by atoms with van der Waals surface area (Å²) in [6.45, 7) is 5.67. The molecule has 0 aliphatic carbocycles. The van der Waals surface area contributed by atoms with E-state index in [-0.39, 0.29) is 11.5 Å². The van der Waals surface area contributed by atoms with Crippen LogP contribution in [0.5, 0.6) is 11.5 Å². The number of para-hydroxylation sites is 2. The van der Waals surface area contributed by atoms with E-state index in [1.165, 1.54) is 11.8 Å². The van der Waals surface area contributed by atoms with Gasteiger partial charge in [0.05, 0.1) is 9.79 Å². The average Bonchev–Trinajstić information content (AvgIpc) is 2.45. The maximum atomic E-state index is 9.56. The molecule has 0 amide bonds. The molecule has 0 unspecified atom stereocenters. The van der Waals surface area contributed by atoms with Gasteiger partial charge >= 0.3 is 0 Å². The highest BCUT2D eigenvalue weighted by atomic mass is 32.2. The van der Waals surface area contributed by atoms with Gasteiger partial charge in [-0.25, -0.2) is 0 Å². The molecule has 0 aliphatic rings. The lowest BCUT2D eigenvalue weighted by molar-refractivity contribution is 0.162. The summed E-state index contributed by atoms with van der Waals surface area (Å²) in [4.78, 5) is 1.47. The largest absolute Gasteiger partial charge is 0.507 e. The van der Waals surface area contributed by atoms with Crippen LogP contribution < -0.4 is 0 Å². The third-order valence-corrected chi connectivity index (χ3v) is 3.49. The molecule has 2 rings (SSSR count). The number of rotatable bonds is 4. The van der Waals surface area contributed by atoms with Gasteiger partial charge in [0.1, 0.15) is 11.5 Å². The minimum absolute atomic E-state index is 0.228. The van der Waals surface area contributed by atoms with Crippen molar-refractivity contribution in [2.45, 2.75) is 23.6 Å². The fourth-order valence-corrected chi connectivity index (χ4v) is 2.28. The second-order valence-electron chi connectivity index (χ2n) is 3.82. The minimum atomic E-state index is 0.228. The van der Waals surface area contributed by atoms with E-state index in [4.69, 9.17) is 4.74 Å². The van der Waals surface area contributed by atoms with E-state index in [0.29, 0.717) is 0 Å². The van der Waals surface area contributed by atoms with Crippen LogP contribution in [0.4, 0.5) is 0 Å². The Morgan fingerprint density at radius 3 is 1.50 bits per heavy atom. The highest BCUT2D eigenvalue weighted by Gasteiger charge is 2.05. The van der Waals surface area contributed by atoms with E-state index >= 15 is 0 Å². The summed E-state index contributed by atoms with van der Waals surface area (Å²) in [5.74, 6) is 0.455. The first-order valence-electron chi connectivity index (χ1n) is 6.50. The van der Waals surface area contributed by atoms with E-state index in [1.54, 1.807) is 24.3 Å². The van der Waals surface area contributed by atoms with Crippen LogP contribution in [0.25, 0.3) is 0 Å². The maximum absolute atomic E-state index is 9.56. The zero-order valence-electron chi connectivity index (χ0n) is 11.7. The molecule has 0 saturated heterocycles. The van der Waals surface area contributed by atoms with Crippen LogP contribution in [-0.2, 0) is 4.74 Å². The second-order valence-corrected chi connectivity index (χ2v) is 4.90. The highest BCUT2D eigenvalue weighted by molar-refractivity contribution is 7.99. The number of hydrogen-bond acceptors (Lipinski definition) is 4. The monoisotopic (exact) mass is 292 g/mol. The quantitative estimate of drug-likeness (QED) is 0.882. The zero-order valence-corrected chi connectivity index (χ0v) is 12.6. The Morgan fingerprint density at radius 1 is 0.800 bits per heavy atom. The Labute approximate surface area is 124 Å². The predicted octanol–water partition coefficient (Wildman–Crippen LogP) is 4.29. The molecule has 2 aromatic rings. The van der Waals surface area contributed by atoms with Crippen molar-refractivity contribution in [2.75, 3.05) is 13.2 Å². The number of hydrogen-bond donors (Lipinski definition) is 2. The SMILES string of the molecule is CCOCC.Oc1ccccc1Sc1ccccc1O. The van der Waals surface area contributed by atoms with E-state index in [2.05, 4.69) is 0 Å². The second kappa shape index (κ2) is 9.28. The Kier molecular flexibility index (Phi) is 7.62. The normalized spacial score (nSPS) is 9.70. The lowest BCUT2D eigenvalue weighted by Gasteiger charge is -2.05. The topological polar surface area (TPSA) is 49.7 Å². The Morgan fingerprint density at radius 2 is 1.20 bits per heavy atom. The van der Waals surface area contributed by atoms with Gasteiger partial charge in [0.2, 0.25) is 0 Å². The van der Waals surface area contributed by atoms with Gasteiger partial charge in [0.25, 0.3) is 0 Å². The third kappa shape index (κ3) is 5.55. The molecule has 2 aromatic carbocycles. The molecule has 0 aliphatic heterocycles. The molecule has 108 valence electrons. The molecular weight excluding hydrogens is 272 g/mol. The minimum Gasteiger partial charge on any atom is -0.507 e. The standard InChI is InChI=1S/C12H10O2S.C4H10O/c13-9-5-1-3-7-11(9)15-12-8-4-2-6-10(12)14;1-3-5-4-2/h1-8,13-14H;3-4H2,1-2H3. The number of phenolic OH excluding ortho intramolecular Hbond substituents is 2. The number of ether oxygens (including phenoxy) is 1. The number of benzene rings is 2. The van der Waals surface area contributed by atoms with Crippen LogP contribution in [0.1, 0.15) is 13.8 Å². The molecule has 0 bridgehead atoms. The molecule has 20 heavy (non-hydrogen) atoms. The van der Waals surface area contributed by atoms with Crippen LogP contribution in [-0.4, -0.2) is 23.4 Å². The smallest absolute Gasteiger partial charge is 0.129 e. The third-order valence-electron chi connectivity index (χ3n) is 2.36. The molecule has 4 heteroatoms. The number of phenols is 2.